The number of hydrogen-bond donors (Lipinski definition) is 1. The molecule has 9 heteroatoms. The fourth-order valence-corrected chi connectivity index (χ4v) is 3.82. The minimum Gasteiger partial charge on any atom is -0.493 e. The van der Waals surface area contributed by atoms with Gasteiger partial charge in [-0.15, -0.1) is 11.3 Å². The van der Waals surface area contributed by atoms with Gasteiger partial charge in [-0.1, -0.05) is 33.8 Å². The van der Waals surface area contributed by atoms with Crippen LogP contribution in [0.25, 0.3) is 0 Å². The standard InChI is InChI=1S/C24H32N2O6S/c1-15(2)12-26(13-16(3)4)22(27)14-32-24(29)17-10-19(30-5)20(31-6)11-18(17)25-23(28)21-8-7-9-33-21/h7-11,15-16H,12-14H2,1-6H3,(H,25,28). The Morgan fingerprint density at radius 2 is 1.61 bits per heavy atom. The number of rotatable bonds is 11. The predicted molar refractivity (Wildman–Crippen MR) is 128 cm³/mol. The van der Waals surface area contributed by atoms with E-state index >= 15 is 0 Å². The molecule has 0 spiro atoms. The number of hydrogen-bond acceptors (Lipinski definition) is 7. The Morgan fingerprint density at radius 3 is 2.12 bits per heavy atom. The lowest BCUT2D eigenvalue weighted by Gasteiger charge is -2.26. The molecule has 0 fully saturated rings. The van der Waals surface area contributed by atoms with Crippen LogP contribution in [0.4, 0.5) is 5.69 Å². The highest BCUT2D eigenvalue weighted by Crippen LogP contribution is 2.34. The maximum absolute atomic E-state index is 12.9. The summed E-state index contributed by atoms with van der Waals surface area (Å²) in [5, 5.41) is 4.50. The van der Waals surface area contributed by atoms with Gasteiger partial charge in [0.05, 0.1) is 30.3 Å². The van der Waals surface area contributed by atoms with Crippen molar-refractivity contribution in [3.63, 3.8) is 0 Å². The molecule has 0 aliphatic heterocycles. The van der Waals surface area contributed by atoms with Crippen molar-refractivity contribution in [3.8, 4) is 11.5 Å². The molecule has 1 aromatic heterocycles. The maximum Gasteiger partial charge on any atom is 0.340 e. The van der Waals surface area contributed by atoms with E-state index in [4.69, 9.17) is 14.2 Å². The Hall–Kier alpha value is -3.07. The molecule has 0 unspecified atom stereocenters. The molecular weight excluding hydrogens is 444 g/mol. The molecular formula is C24H32N2O6S. The number of nitrogens with zero attached hydrogens (tertiary/aromatic N) is 1. The van der Waals surface area contributed by atoms with Gasteiger partial charge in [0.25, 0.3) is 11.8 Å². The Labute approximate surface area is 198 Å². The largest absolute Gasteiger partial charge is 0.493 e. The summed E-state index contributed by atoms with van der Waals surface area (Å²) in [7, 11) is 2.90. The van der Waals surface area contributed by atoms with E-state index in [1.54, 1.807) is 22.4 Å². The number of benzene rings is 1. The Kier molecular flexibility index (Phi) is 9.72. The van der Waals surface area contributed by atoms with Crippen LogP contribution in [0.2, 0.25) is 0 Å². The lowest BCUT2D eigenvalue weighted by Crippen LogP contribution is -2.39. The van der Waals surface area contributed by atoms with Crippen LogP contribution in [-0.2, 0) is 9.53 Å². The van der Waals surface area contributed by atoms with Crippen molar-refractivity contribution >= 4 is 34.8 Å². The zero-order chi connectivity index (χ0) is 24.5. The zero-order valence-corrected chi connectivity index (χ0v) is 20.8. The van der Waals surface area contributed by atoms with Crippen LogP contribution >= 0.6 is 11.3 Å². The number of thiophene rings is 1. The number of amides is 2. The molecule has 2 rings (SSSR count). The van der Waals surface area contributed by atoms with E-state index in [9.17, 15) is 14.4 Å². The summed E-state index contributed by atoms with van der Waals surface area (Å²) in [5.74, 6) is -0.183. The van der Waals surface area contributed by atoms with E-state index in [0.29, 0.717) is 29.5 Å². The fraction of sp³-hybridized carbons (Fsp3) is 0.458. The summed E-state index contributed by atoms with van der Waals surface area (Å²) in [6.07, 6.45) is 0. The lowest BCUT2D eigenvalue weighted by molar-refractivity contribution is -0.135. The monoisotopic (exact) mass is 476 g/mol. The maximum atomic E-state index is 12.9. The molecule has 1 heterocycles. The van der Waals surface area contributed by atoms with Crippen molar-refractivity contribution in [2.45, 2.75) is 27.7 Å². The van der Waals surface area contributed by atoms with Gasteiger partial charge < -0.3 is 24.4 Å². The van der Waals surface area contributed by atoms with Crippen molar-refractivity contribution in [1.82, 2.24) is 4.90 Å². The number of nitrogens with one attached hydrogen (secondary N) is 1. The molecule has 0 radical (unpaired) electrons. The van der Waals surface area contributed by atoms with Crippen LogP contribution < -0.4 is 14.8 Å². The molecule has 0 saturated carbocycles. The molecule has 1 aromatic carbocycles. The van der Waals surface area contributed by atoms with Crippen LogP contribution in [0.5, 0.6) is 11.5 Å². The first-order chi connectivity index (χ1) is 15.7. The van der Waals surface area contributed by atoms with E-state index in [-0.39, 0.29) is 34.9 Å². The summed E-state index contributed by atoms with van der Waals surface area (Å²) in [6, 6.07) is 6.35. The van der Waals surface area contributed by atoms with Crippen LogP contribution in [0.1, 0.15) is 47.7 Å². The third kappa shape index (κ3) is 7.49. The predicted octanol–water partition coefficient (Wildman–Crippen LogP) is 4.32. The van der Waals surface area contributed by atoms with Crippen molar-refractivity contribution < 1.29 is 28.6 Å². The quantitative estimate of drug-likeness (QED) is 0.486. The topological polar surface area (TPSA) is 94.2 Å². The van der Waals surface area contributed by atoms with E-state index in [0.717, 1.165) is 0 Å². The Bertz CT molecular complexity index is 946. The second-order valence-electron chi connectivity index (χ2n) is 8.35. The zero-order valence-electron chi connectivity index (χ0n) is 20.0. The first-order valence-corrected chi connectivity index (χ1v) is 11.6. The molecule has 0 saturated heterocycles. The number of carbonyl (C=O) groups excluding carboxylic acids is 3. The second kappa shape index (κ2) is 12.2. The fourth-order valence-electron chi connectivity index (χ4n) is 3.20. The highest BCUT2D eigenvalue weighted by Gasteiger charge is 2.23. The van der Waals surface area contributed by atoms with Crippen LogP contribution in [-0.4, -0.2) is 56.6 Å². The van der Waals surface area contributed by atoms with Gasteiger partial charge in [0.1, 0.15) is 0 Å². The summed E-state index contributed by atoms with van der Waals surface area (Å²) < 4.78 is 15.9. The summed E-state index contributed by atoms with van der Waals surface area (Å²) in [5.41, 5.74) is 0.259. The van der Waals surface area contributed by atoms with E-state index in [1.807, 2.05) is 27.7 Å². The van der Waals surface area contributed by atoms with Crippen LogP contribution in [0.15, 0.2) is 29.6 Å². The van der Waals surface area contributed by atoms with Gasteiger partial charge in [-0.2, -0.15) is 0 Å². The normalized spacial score (nSPS) is 10.8. The van der Waals surface area contributed by atoms with Gasteiger partial charge >= 0.3 is 5.97 Å². The van der Waals surface area contributed by atoms with Crippen molar-refractivity contribution in [2.75, 3.05) is 39.2 Å². The molecule has 2 amide bonds. The molecule has 0 bridgehead atoms. The summed E-state index contributed by atoms with van der Waals surface area (Å²) in [4.78, 5) is 40.4. The molecule has 33 heavy (non-hydrogen) atoms. The average molecular weight is 477 g/mol. The first kappa shape index (κ1) is 26.2. The van der Waals surface area contributed by atoms with Crippen molar-refractivity contribution in [2.24, 2.45) is 11.8 Å². The van der Waals surface area contributed by atoms with E-state index in [2.05, 4.69) is 5.32 Å². The average Bonchev–Trinajstić information content (AvgIpc) is 3.31. The minimum atomic E-state index is -0.750. The van der Waals surface area contributed by atoms with Gasteiger partial charge in [-0.05, 0) is 23.3 Å². The van der Waals surface area contributed by atoms with Crippen molar-refractivity contribution in [3.05, 3.63) is 40.1 Å². The molecule has 2 aromatic rings. The second-order valence-corrected chi connectivity index (χ2v) is 9.29. The molecule has 1 N–H and O–H groups in total. The van der Waals surface area contributed by atoms with Crippen LogP contribution in [0, 0.1) is 11.8 Å². The molecule has 0 atom stereocenters. The third-order valence-electron chi connectivity index (χ3n) is 4.59. The SMILES string of the molecule is COc1cc(NC(=O)c2cccs2)c(C(=O)OCC(=O)N(CC(C)C)CC(C)C)cc1OC. The summed E-state index contributed by atoms with van der Waals surface area (Å²) in [6.45, 7) is 8.86. The number of methoxy groups -OCH3 is 2. The number of carbonyl (C=O) groups is 3. The van der Waals surface area contributed by atoms with Crippen molar-refractivity contribution in [1.29, 1.82) is 0 Å². The number of anilines is 1. The number of esters is 1. The van der Waals surface area contributed by atoms with Gasteiger partial charge in [0.2, 0.25) is 0 Å². The summed E-state index contributed by atoms with van der Waals surface area (Å²) >= 11 is 1.27. The molecule has 0 aliphatic carbocycles. The van der Waals surface area contributed by atoms with E-state index < -0.39 is 12.6 Å². The molecule has 0 aliphatic rings. The smallest absolute Gasteiger partial charge is 0.340 e. The Morgan fingerprint density at radius 1 is 1.00 bits per heavy atom. The number of ether oxygens (including phenoxy) is 3. The molecule has 180 valence electrons. The van der Waals surface area contributed by atoms with E-state index in [1.165, 1.54) is 37.7 Å². The minimum absolute atomic E-state index is 0.0598. The first-order valence-electron chi connectivity index (χ1n) is 10.7. The molecule has 8 nitrogen and oxygen atoms in total. The van der Waals surface area contributed by atoms with Gasteiger partial charge in [-0.3, -0.25) is 9.59 Å². The lowest BCUT2D eigenvalue weighted by atomic mass is 10.1. The Balaban J connectivity index is 2.24. The van der Waals surface area contributed by atoms with Gasteiger partial charge in [-0.25, -0.2) is 4.79 Å². The van der Waals surface area contributed by atoms with Gasteiger partial charge in [0.15, 0.2) is 18.1 Å². The van der Waals surface area contributed by atoms with Gasteiger partial charge in [0, 0.05) is 25.2 Å². The highest BCUT2D eigenvalue weighted by atomic mass is 32.1. The van der Waals surface area contributed by atoms with Crippen LogP contribution in [0.3, 0.4) is 0 Å². The third-order valence-corrected chi connectivity index (χ3v) is 5.46. The highest BCUT2D eigenvalue weighted by molar-refractivity contribution is 7.12.